The Kier molecular flexibility index (Phi) is 9.81. The van der Waals surface area contributed by atoms with E-state index < -0.39 is 0 Å². The van der Waals surface area contributed by atoms with Crippen LogP contribution in [0.4, 0.5) is 4.79 Å². The molecule has 1 unspecified atom stereocenters. The van der Waals surface area contributed by atoms with Crippen LogP contribution < -0.4 is 20.1 Å². The minimum Gasteiger partial charge on any atom is -0.493 e. The Morgan fingerprint density at radius 2 is 1.79 bits per heavy atom. The third-order valence-corrected chi connectivity index (χ3v) is 7.43. The highest BCUT2D eigenvalue weighted by Crippen LogP contribution is 2.35. The number of hydrogen-bond acceptors (Lipinski definition) is 6. The molecule has 0 spiro atoms. The minimum absolute atomic E-state index is 0.0943. The van der Waals surface area contributed by atoms with E-state index in [-0.39, 0.29) is 18.0 Å². The van der Waals surface area contributed by atoms with Crippen LogP contribution in [-0.2, 0) is 6.42 Å². The monoisotopic (exact) mass is 535 g/mol. The Balaban J connectivity index is 1.63. The number of carbonyl (C=O) groups is 2. The van der Waals surface area contributed by atoms with Gasteiger partial charge in [0.25, 0.3) is 5.91 Å². The van der Waals surface area contributed by atoms with E-state index in [2.05, 4.69) is 15.5 Å². The summed E-state index contributed by atoms with van der Waals surface area (Å²) in [7, 11) is 3.23. The van der Waals surface area contributed by atoms with Crippen LogP contribution in [0.1, 0.15) is 66.6 Å². The maximum atomic E-state index is 12.9. The number of urea groups is 1. The normalized spacial score (nSPS) is 17.5. The van der Waals surface area contributed by atoms with Crippen molar-refractivity contribution >= 4 is 17.6 Å². The highest BCUT2D eigenvalue weighted by Gasteiger charge is 2.30. The Labute approximate surface area is 231 Å². The SMILES string of the molecule is CCOc1cc2c(cc1OC)CC(CC)N(C(=O)NC)N=C2c1ccc(C(=O)NCCN2CCCCC2)cc1. The van der Waals surface area contributed by atoms with Gasteiger partial charge >= 0.3 is 6.03 Å². The van der Waals surface area contributed by atoms with E-state index in [1.165, 1.54) is 24.3 Å². The average molecular weight is 536 g/mol. The first kappa shape index (κ1) is 28.4. The second-order valence-electron chi connectivity index (χ2n) is 9.94. The molecule has 9 nitrogen and oxygen atoms in total. The van der Waals surface area contributed by atoms with E-state index in [1.54, 1.807) is 14.2 Å². The first-order chi connectivity index (χ1) is 19.0. The molecule has 39 heavy (non-hydrogen) atoms. The lowest BCUT2D eigenvalue weighted by atomic mass is 9.92. The lowest BCUT2D eigenvalue weighted by Gasteiger charge is -2.26. The van der Waals surface area contributed by atoms with Crippen molar-refractivity contribution in [3.8, 4) is 11.5 Å². The number of benzene rings is 2. The molecule has 0 bridgehead atoms. The number of nitrogens with zero attached hydrogens (tertiary/aromatic N) is 3. The molecule has 4 rings (SSSR count). The lowest BCUT2D eigenvalue weighted by molar-refractivity contribution is 0.0946. The van der Waals surface area contributed by atoms with Crippen molar-refractivity contribution < 1.29 is 19.1 Å². The summed E-state index contributed by atoms with van der Waals surface area (Å²) >= 11 is 0. The molecule has 0 radical (unpaired) electrons. The van der Waals surface area contributed by atoms with Crippen molar-refractivity contribution in [3.63, 3.8) is 0 Å². The first-order valence-corrected chi connectivity index (χ1v) is 14.0. The quantitative estimate of drug-likeness (QED) is 0.505. The summed E-state index contributed by atoms with van der Waals surface area (Å²) in [6.45, 7) is 8.18. The van der Waals surface area contributed by atoms with Crippen LogP contribution in [0.2, 0.25) is 0 Å². The number of fused-ring (bicyclic) bond motifs is 1. The summed E-state index contributed by atoms with van der Waals surface area (Å²) < 4.78 is 11.5. The van der Waals surface area contributed by atoms with Crippen molar-refractivity contribution in [3.05, 3.63) is 58.7 Å². The maximum absolute atomic E-state index is 12.9. The summed E-state index contributed by atoms with van der Waals surface area (Å²) in [6, 6.07) is 10.9. The zero-order valence-electron chi connectivity index (χ0n) is 23.6. The van der Waals surface area contributed by atoms with Crippen LogP contribution in [-0.4, -0.2) is 80.5 Å². The molecule has 0 aliphatic carbocycles. The summed E-state index contributed by atoms with van der Waals surface area (Å²) in [6.07, 6.45) is 5.11. The third-order valence-electron chi connectivity index (χ3n) is 7.43. The van der Waals surface area contributed by atoms with Crippen LogP contribution in [0.15, 0.2) is 41.5 Å². The fourth-order valence-electron chi connectivity index (χ4n) is 5.25. The molecule has 2 N–H and O–H groups in total. The molecule has 2 aliphatic heterocycles. The van der Waals surface area contributed by atoms with E-state index in [9.17, 15) is 9.59 Å². The minimum atomic E-state index is -0.270. The van der Waals surface area contributed by atoms with Gasteiger partial charge in [0.05, 0.1) is 25.5 Å². The Bertz CT molecular complexity index is 1170. The second-order valence-corrected chi connectivity index (χ2v) is 9.94. The van der Waals surface area contributed by atoms with Gasteiger partial charge < -0.3 is 25.0 Å². The Morgan fingerprint density at radius 3 is 2.44 bits per heavy atom. The molecule has 2 aliphatic rings. The van der Waals surface area contributed by atoms with E-state index in [0.717, 1.165) is 42.7 Å². The number of nitrogens with one attached hydrogen (secondary N) is 2. The van der Waals surface area contributed by atoms with Gasteiger partial charge in [0.1, 0.15) is 0 Å². The van der Waals surface area contributed by atoms with E-state index in [4.69, 9.17) is 14.6 Å². The molecule has 1 atom stereocenters. The summed E-state index contributed by atoms with van der Waals surface area (Å²) in [4.78, 5) is 28.1. The average Bonchev–Trinajstić information content (AvgIpc) is 3.13. The molecule has 1 saturated heterocycles. The number of likely N-dealkylation sites (tertiary alicyclic amines) is 1. The number of amides is 3. The number of methoxy groups -OCH3 is 1. The summed E-state index contributed by atoms with van der Waals surface area (Å²) in [5, 5.41) is 12.2. The Hall–Kier alpha value is -3.59. The van der Waals surface area contributed by atoms with Crippen molar-refractivity contribution in [2.24, 2.45) is 5.10 Å². The van der Waals surface area contributed by atoms with Crippen LogP contribution in [0.25, 0.3) is 0 Å². The van der Waals surface area contributed by atoms with Gasteiger partial charge in [0, 0.05) is 36.8 Å². The van der Waals surface area contributed by atoms with E-state index >= 15 is 0 Å². The molecular weight excluding hydrogens is 494 g/mol. The fraction of sp³-hybridized carbons (Fsp3) is 0.500. The lowest BCUT2D eigenvalue weighted by Crippen LogP contribution is -2.42. The molecule has 3 amide bonds. The van der Waals surface area contributed by atoms with Crippen LogP contribution in [0.3, 0.4) is 0 Å². The van der Waals surface area contributed by atoms with Crippen LogP contribution in [0.5, 0.6) is 11.5 Å². The van der Waals surface area contributed by atoms with E-state index in [1.807, 2.05) is 50.2 Å². The van der Waals surface area contributed by atoms with Gasteiger partial charge in [-0.25, -0.2) is 9.80 Å². The van der Waals surface area contributed by atoms with Gasteiger partial charge in [-0.05, 0) is 75.5 Å². The van der Waals surface area contributed by atoms with Gasteiger partial charge in [-0.1, -0.05) is 25.5 Å². The number of rotatable bonds is 9. The number of piperidine rings is 1. The predicted molar refractivity (Wildman–Crippen MR) is 153 cm³/mol. The first-order valence-electron chi connectivity index (χ1n) is 14.0. The number of carbonyl (C=O) groups excluding carboxylic acids is 2. The van der Waals surface area contributed by atoms with Gasteiger partial charge in [-0.2, -0.15) is 5.10 Å². The molecule has 2 heterocycles. The molecule has 1 fully saturated rings. The highest BCUT2D eigenvalue weighted by molar-refractivity contribution is 6.15. The van der Waals surface area contributed by atoms with Gasteiger partial charge in [0.2, 0.25) is 0 Å². The van der Waals surface area contributed by atoms with Crippen LogP contribution in [0, 0.1) is 0 Å². The second kappa shape index (κ2) is 13.5. The molecule has 2 aromatic rings. The number of hydrogen-bond donors (Lipinski definition) is 2. The van der Waals surface area contributed by atoms with Crippen molar-refractivity contribution in [1.29, 1.82) is 0 Å². The molecule has 2 aromatic carbocycles. The summed E-state index contributed by atoms with van der Waals surface area (Å²) in [5.74, 6) is 1.18. The van der Waals surface area contributed by atoms with Crippen LogP contribution >= 0.6 is 0 Å². The summed E-state index contributed by atoms with van der Waals surface area (Å²) in [5.41, 5.74) is 3.94. The zero-order chi connectivity index (χ0) is 27.8. The van der Waals surface area contributed by atoms with Gasteiger partial charge in [-0.3, -0.25) is 4.79 Å². The standard InChI is InChI=1S/C30H41N5O4/c1-5-24-18-23-19-26(38-4)27(39-6-2)20-25(23)28(33-35(24)30(37)31-3)21-10-12-22(13-11-21)29(36)32-14-17-34-15-8-7-9-16-34/h10-13,19-20,24H,5-9,14-18H2,1-4H3,(H,31,37)(H,32,36). The maximum Gasteiger partial charge on any atom is 0.337 e. The smallest absolute Gasteiger partial charge is 0.337 e. The number of hydrazone groups is 1. The highest BCUT2D eigenvalue weighted by atomic mass is 16.5. The van der Waals surface area contributed by atoms with Crippen molar-refractivity contribution in [2.45, 2.75) is 52.0 Å². The molecule has 210 valence electrons. The van der Waals surface area contributed by atoms with Crippen molar-refractivity contribution in [1.82, 2.24) is 20.5 Å². The largest absolute Gasteiger partial charge is 0.493 e. The fourth-order valence-corrected chi connectivity index (χ4v) is 5.25. The van der Waals surface area contributed by atoms with Gasteiger partial charge in [0.15, 0.2) is 11.5 Å². The zero-order valence-corrected chi connectivity index (χ0v) is 23.6. The Morgan fingerprint density at radius 1 is 1.05 bits per heavy atom. The molecule has 0 aromatic heterocycles. The number of ether oxygens (including phenoxy) is 2. The van der Waals surface area contributed by atoms with Crippen molar-refractivity contribution in [2.75, 3.05) is 46.9 Å². The molecular formula is C30H41N5O4. The third kappa shape index (κ3) is 6.71. The topological polar surface area (TPSA) is 95.5 Å². The predicted octanol–water partition coefficient (Wildman–Crippen LogP) is 4.04. The molecule has 0 saturated carbocycles. The van der Waals surface area contributed by atoms with Gasteiger partial charge in [-0.15, -0.1) is 0 Å². The van der Waals surface area contributed by atoms with E-state index in [0.29, 0.717) is 42.3 Å². The molecule has 9 heteroatoms.